The number of nitrogens with zero attached hydrogens (tertiary/aromatic N) is 3. The van der Waals surface area contributed by atoms with Gasteiger partial charge in [0.2, 0.25) is 0 Å². The lowest BCUT2D eigenvalue weighted by Gasteiger charge is -2.23. The number of carbonyl (C=O) groups is 2. The van der Waals surface area contributed by atoms with Gasteiger partial charge in [0.15, 0.2) is 5.82 Å². The minimum Gasteiger partial charge on any atom is -0.348 e. The van der Waals surface area contributed by atoms with Crippen LogP contribution in [0.1, 0.15) is 59.9 Å². The lowest BCUT2D eigenvalue weighted by molar-refractivity contribution is -0.121. The third-order valence-electron chi connectivity index (χ3n) is 5.85. The molecule has 0 aliphatic carbocycles. The average Bonchev–Trinajstić information content (AvgIpc) is 3.41. The van der Waals surface area contributed by atoms with Crippen LogP contribution in [0.2, 0.25) is 0 Å². The Morgan fingerprint density at radius 1 is 1.13 bits per heavy atom. The number of hydrogen-bond acceptors (Lipinski definition) is 5. The highest BCUT2D eigenvalue weighted by molar-refractivity contribution is 5.98. The maximum atomic E-state index is 12.3. The van der Waals surface area contributed by atoms with Crippen LogP contribution in [0, 0.1) is 5.92 Å². The number of rotatable bonds is 8. The van der Waals surface area contributed by atoms with E-state index in [1.54, 1.807) is 6.92 Å². The van der Waals surface area contributed by atoms with E-state index in [-0.39, 0.29) is 23.5 Å². The Balaban J connectivity index is 1.57. The molecule has 0 saturated heterocycles. The van der Waals surface area contributed by atoms with Crippen molar-refractivity contribution in [2.45, 2.75) is 45.6 Å². The van der Waals surface area contributed by atoms with Gasteiger partial charge >= 0.3 is 0 Å². The molecule has 2 aromatic carbocycles. The molecule has 0 bridgehead atoms. The molecule has 0 radical (unpaired) electrons. The third-order valence-corrected chi connectivity index (χ3v) is 5.85. The van der Waals surface area contributed by atoms with E-state index in [4.69, 9.17) is 0 Å². The first-order chi connectivity index (χ1) is 14.6. The molecular formula is C23H25N5O2. The molecule has 1 aromatic heterocycles. The molecule has 7 heteroatoms. The summed E-state index contributed by atoms with van der Waals surface area (Å²) in [4.78, 5) is 24.1. The van der Waals surface area contributed by atoms with E-state index >= 15 is 0 Å². The van der Waals surface area contributed by atoms with Crippen molar-refractivity contribution in [3.8, 4) is 11.1 Å². The number of carbonyl (C=O) groups excluding carboxylic acids is 2. The van der Waals surface area contributed by atoms with Crippen LogP contribution >= 0.6 is 0 Å². The van der Waals surface area contributed by atoms with Crippen LogP contribution in [0.15, 0.2) is 42.5 Å². The van der Waals surface area contributed by atoms with Crippen LogP contribution in [0.4, 0.5) is 0 Å². The molecule has 1 amide bonds. The molecule has 7 nitrogen and oxygen atoms in total. The molecule has 0 saturated carbocycles. The summed E-state index contributed by atoms with van der Waals surface area (Å²) >= 11 is 0. The van der Waals surface area contributed by atoms with E-state index in [9.17, 15) is 9.59 Å². The van der Waals surface area contributed by atoms with E-state index in [2.05, 4.69) is 63.2 Å². The Hall–Kier alpha value is -3.35. The van der Waals surface area contributed by atoms with Crippen LogP contribution < -0.4 is 5.32 Å². The minimum absolute atomic E-state index is 0.00745. The largest absolute Gasteiger partial charge is 0.348 e. The molecule has 0 unspecified atom stereocenters. The number of amides is 1. The summed E-state index contributed by atoms with van der Waals surface area (Å²) < 4.78 is 0. The van der Waals surface area contributed by atoms with Crippen molar-refractivity contribution in [3.05, 3.63) is 65.0 Å². The summed E-state index contributed by atoms with van der Waals surface area (Å²) in [6.45, 7) is 4.31. The average molecular weight is 403 g/mol. The summed E-state index contributed by atoms with van der Waals surface area (Å²) in [6, 6.07) is 14.3. The fourth-order valence-corrected chi connectivity index (χ4v) is 4.25. The van der Waals surface area contributed by atoms with E-state index in [0.29, 0.717) is 18.8 Å². The second-order valence-corrected chi connectivity index (χ2v) is 7.85. The SMILES string of the molecule is CCC[C@H](C(C)=O)[C@H](Cc1ccc(-c2ccc3c(c2)CNC3=O)cc1)c1nnn[nH]1. The van der Waals surface area contributed by atoms with Crippen LogP contribution in [-0.2, 0) is 17.8 Å². The lowest BCUT2D eigenvalue weighted by Crippen LogP contribution is -2.23. The van der Waals surface area contributed by atoms with Gasteiger partial charge in [-0.15, -0.1) is 5.10 Å². The van der Waals surface area contributed by atoms with Gasteiger partial charge in [-0.2, -0.15) is 0 Å². The molecule has 1 aliphatic heterocycles. The number of aromatic amines is 1. The maximum Gasteiger partial charge on any atom is 0.251 e. The lowest BCUT2D eigenvalue weighted by atomic mass is 9.81. The molecule has 0 fully saturated rings. The highest BCUT2D eigenvalue weighted by atomic mass is 16.2. The van der Waals surface area contributed by atoms with Crippen molar-refractivity contribution in [1.82, 2.24) is 25.9 Å². The topological polar surface area (TPSA) is 101 Å². The van der Waals surface area contributed by atoms with Crippen molar-refractivity contribution in [3.63, 3.8) is 0 Å². The number of H-pyrrole nitrogens is 1. The molecule has 0 spiro atoms. The van der Waals surface area contributed by atoms with Crippen molar-refractivity contribution in [2.75, 3.05) is 0 Å². The van der Waals surface area contributed by atoms with Gasteiger partial charge in [0.25, 0.3) is 5.91 Å². The summed E-state index contributed by atoms with van der Waals surface area (Å²) in [5.41, 5.74) is 5.09. The molecule has 1 aliphatic rings. The fourth-order valence-electron chi connectivity index (χ4n) is 4.25. The molecule has 3 aromatic rings. The Labute approximate surface area is 175 Å². The first kappa shape index (κ1) is 19.9. The van der Waals surface area contributed by atoms with Gasteiger partial charge in [-0.3, -0.25) is 9.59 Å². The van der Waals surface area contributed by atoms with Gasteiger partial charge < -0.3 is 5.32 Å². The summed E-state index contributed by atoms with van der Waals surface area (Å²) in [5, 5.41) is 17.2. The van der Waals surface area contributed by atoms with Crippen LogP contribution in [-0.4, -0.2) is 32.3 Å². The summed E-state index contributed by atoms with van der Waals surface area (Å²) in [6.07, 6.45) is 2.42. The quantitative estimate of drug-likeness (QED) is 0.600. The van der Waals surface area contributed by atoms with Crippen molar-refractivity contribution in [2.24, 2.45) is 5.92 Å². The molecule has 2 N–H and O–H groups in total. The Morgan fingerprint density at radius 2 is 1.90 bits per heavy atom. The first-order valence-electron chi connectivity index (χ1n) is 10.3. The minimum atomic E-state index is -0.119. The number of ketones is 1. The van der Waals surface area contributed by atoms with Crippen LogP contribution in [0.3, 0.4) is 0 Å². The second kappa shape index (κ2) is 8.57. The van der Waals surface area contributed by atoms with E-state index in [0.717, 1.165) is 40.7 Å². The molecule has 2 heterocycles. The first-order valence-corrected chi connectivity index (χ1v) is 10.3. The number of benzene rings is 2. The van der Waals surface area contributed by atoms with Crippen molar-refractivity contribution >= 4 is 11.7 Å². The Kier molecular flexibility index (Phi) is 5.70. The molecule has 30 heavy (non-hydrogen) atoms. The predicted octanol–water partition coefficient (Wildman–Crippen LogP) is 3.44. The number of tetrazole rings is 1. The zero-order valence-electron chi connectivity index (χ0n) is 17.2. The second-order valence-electron chi connectivity index (χ2n) is 7.85. The number of hydrogen-bond donors (Lipinski definition) is 2. The van der Waals surface area contributed by atoms with Gasteiger partial charge in [-0.05, 0) is 64.6 Å². The summed E-state index contributed by atoms with van der Waals surface area (Å²) in [5.74, 6) is 0.609. The number of nitrogens with one attached hydrogen (secondary N) is 2. The van der Waals surface area contributed by atoms with Gasteiger partial charge in [-0.1, -0.05) is 43.7 Å². The standard InChI is InChI=1S/C23H25N5O2/c1-3-4-19(14(2)29)21(22-25-27-28-26-22)11-15-5-7-16(8-6-15)17-9-10-20-18(12-17)13-24-23(20)30/h5-10,12,19,21H,3-4,11,13H2,1-2H3,(H,24,30)(H,25,26,27,28)/t19-,21+/m1/s1. The van der Waals surface area contributed by atoms with Crippen LogP contribution in [0.5, 0.6) is 0 Å². The summed E-state index contributed by atoms with van der Waals surface area (Å²) in [7, 11) is 0. The van der Waals surface area contributed by atoms with Crippen molar-refractivity contribution in [1.29, 1.82) is 0 Å². The molecule has 154 valence electrons. The van der Waals surface area contributed by atoms with E-state index < -0.39 is 0 Å². The zero-order valence-corrected chi connectivity index (χ0v) is 17.2. The predicted molar refractivity (Wildman–Crippen MR) is 113 cm³/mol. The zero-order chi connectivity index (χ0) is 21.1. The highest BCUT2D eigenvalue weighted by Gasteiger charge is 2.29. The van der Waals surface area contributed by atoms with E-state index in [1.807, 2.05) is 12.1 Å². The third kappa shape index (κ3) is 4.01. The fraction of sp³-hybridized carbons (Fsp3) is 0.348. The highest BCUT2D eigenvalue weighted by Crippen LogP contribution is 2.31. The number of aromatic nitrogens is 4. The Morgan fingerprint density at radius 3 is 2.57 bits per heavy atom. The monoisotopic (exact) mass is 403 g/mol. The van der Waals surface area contributed by atoms with Crippen LogP contribution in [0.25, 0.3) is 11.1 Å². The molecular weight excluding hydrogens is 378 g/mol. The Bertz CT molecular complexity index is 1040. The van der Waals surface area contributed by atoms with Gasteiger partial charge in [0.1, 0.15) is 5.78 Å². The van der Waals surface area contributed by atoms with E-state index in [1.165, 1.54) is 0 Å². The maximum absolute atomic E-state index is 12.3. The van der Waals surface area contributed by atoms with Gasteiger partial charge in [0.05, 0.1) is 0 Å². The molecule has 4 rings (SSSR count). The van der Waals surface area contributed by atoms with Gasteiger partial charge in [0, 0.05) is 23.9 Å². The van der Waals surface area contributed by atoms with Gasteiger partial charge in [-0.25, -0.2) is 5.10 Å². The number of fused-ring (bicyclic) bond motifs is 1. The number of Topliss-reactive ketones (excluding diaryl/α,β-unsaturated/α-hetero) is 1. The molecule has 2 atom stereocenters. The normalized spacial score (nSPS) is 14.8. The van der Waals surface area contributed by atoms with Crippen molar-refractivity contribution < 1.29 is 9.59 Å². The smallest absolute Gasteiger partial charge is 0.251 e.